The van der Waals surface area contributed by atoms with Crippen LogP contribution in [0.4, 0.5) is 0 Å². The summed E-state index contributed by atoms with van der Waals surface area (Å²) >= 11 is 1.73. The average molecular weight is 236 g/mol. The van der Waals surface area contributed by atoms with E-state index in [4.69, 9.17) is 11.0 Å². The zero-order chi connectivity index (χ0) is 11.5. The third-order valence-corrected chi connectivity index (χ3v) is 3.85. The molecule has 2 rings (SSSR count). The van der Waals surface area contributed by atoms with Crippen molar-refractivity contribution in [1.29, 1.82) is 5.26 Å². The first-order valence-corrected chi connectivity index (χ1v) is 6.29. The number of nitrogens with two attached hydrogens (primary N) is 1. The van der Waals surface area contributed by atoms with Crippen LogP contribution in [-0.4, -0.2) is 29.0 Å². The minimum absolute atomic E-state index is 0.00670. The Morgan fingerprint density at radius 3 is 3.12 bits per heavy atom. The molecule has 0 amide bonds. The highest BCUT2D eigenvalue weighted by Gasteiger charge is 2.26. The molecule has 16 heavy (non-hydrogen) atoms. The molecule has 1 fully saturated rings. The van der Waals surface area contributed by atoms with Gasteiger partial charge in [0.15, 0.2) is 0 Å². The molecule has 2 atom stereocenters. The van der Waals surface area contributed by atoms with Gasteiger partial charge in [-0.1, -0.05) is 0 Å². The summed E-state index contributed by atoms with van der Waals surface area (Å²) < 4.78 is 0. The number of rotatable bonds is 2. The number of nitriles is 1. The molecule has 1 aromatic heterocycles. The first kappa shape index (κ1) is 11.5. The quantitative estimate of drug-likeness (QED) is 0.835. The monoisotopic (exact) mass is 236 g/mol. The number of thiazole rings is 1. The Morgan fingerprint density at radius 2 is 2.56 bits per heavy atom. The van der Waals surface area contributed by atoms with E-state index >= 15 is 0 Å². The van der Waals surface area contributed by atoms with Crippen LogP contribution in [0.2, 0.25) is 0 Å². The second kappa shape index (κ2) is 4.91. The van der Waals surface area contributed by atoms with E-state index in [1.165, 1.54) is 4.88 Å². The summed E-state index contributed by atoms with van der Waals surface area (Å²) in [6.07, 6.45) is 2.82. The van der Waals surface area contributed by atoms with E-state index in [2.05, 4.69) is 16.0 Å². The van der Waals surface area contributed by atoms with E-state index in [9.17, 15) is 0 Å². The van der Waals surface area contributed by atoms with Gasteiger partial charge in [0.2, 0.25) is 0 Å². The van der Waals surface area contributed by atoms with Gasteiger partial charge in [0.05, 0.1) is 17.0 Å². The summed E-state index contributed by atoms with van der Waals surface area (Å²) in [5.74, 6) is 0.0273. The first-order valence-electron chi connectivity index (χ1n) is 5.48. The number of nitrogens with zero attached hydrogens (tertiary/aromatic N) is 3. The molecule has 5 heteroatoms. The Morgan fingerprint density at radius 1 is 1.75 bits per heavy atom. The zero-order valence-electron chi connectivity index (χ0n) is 9.39. The number of aryl methyl sites for hydroxylation is 1. The highest BCUT2D eigenvalue weighted by Crippen LogP contribution is 2.20. The smallest absolute Gasteiger partial charge is 0.0897 e. The van der Waals surface area contributed by atoms with Crippen molar-refractivity contribution in [3.8, 4) is 6.07 Å². The van der Waals surface area contributed by atoms with E-state index in [0.717, 1.165) is 31.1 Å². The molecule has 1 aliphatic rings. The van der Waals surface area contributed by atoms with Gasteiger partial charge in [-0.15, -0.1) is 11.3 Å². The van der Waals surface area contributed by atoms with Crippen molar-refractivity contribution in [3.63, 3.8) is 0 Å². The molecule has 0 spiro atoms. The molecule has 2 unspecified atom stereocenters. The fraction of sp³-hybridized carbons (Fsp3) is 0.636. The molecule has 0 saturated carbocycles. The Hall–Kier alpha value is -0.960. The van der Waals surface area contributed by atoms with Crippen LogP contribution in [-0.2, 0) is 6.54 Å². The fourth-order valence-electron chi connectivity index (χ4n) is 2.06. The lowest BCUT2D eigenvalue weighted by molar-refractivity contribution is 0.177. The minimum Gasteiger partial charge on any atom is -0.325 e. The summed E-state index contributed by atoms with van der Waals surface area (Å²) in [7, 11) is 0. The zero-order valence-corrected chi connectivity index (χ0v) is 10.2. The minimum atomic E-state index is -0.00670. The normalized spacial score (nSPS) is 26.6. The molecular weight excluding hydrogens is 220 g/mol. The lowest BCUT2D eigenvalue weighted by atomic mass is 9.94. The SMILES string of the molecule is Cc1ncc(CN2CCC(C#N)C(N)C2)s1. The molecule has 0 bridgehead atoms. The third-order valence-electron chi connectivity index (χ3n) is 2.96. The molecule has 86 valence electrons. The number of aromatic nitrogens is 1. The van der Waals surface area contributed by atoms with Gasteiger partial charge in [-0.3, -0.25) is 4.90 Å². The maximum absolute atomic E-state index is 8.88. The molecule has 1 saturated heterocycles. The summed E-state index contributed by atoms with van der Waals surface area (Å²) in [6.45, 7) is 4.71. The van der Waals surface area contributed by atoms with Gasteiger partial charge in [0.25, 0.3) is 0 Å². The van der Waals surface area contributed by atoms with Crippen LogP contribution in [0.3, 0.4) is 0 Å². The lowest BCUT2D eigenvalue weighted by Gasteiger charge is -2.33. The second-order valence-electron chi connectivity index (χ2n) is 4.27. The van der Waals surface area contributed by atoms with Gasteiger partial charge in [-0.2, -0.15) is 5.26 Å². The molecule has 4 nitrogen and oxygen atoms in total. The van der Waals surface area contributed by atoms with Gasteiger partial charge in [-0.25, -0.2) is 4.98 Å². The number of hydrogen-bond donors (Lipinski definition) is 1. The van der Waals surface area contributed by atoms with Crippen molar-refractivity contribution in [2.75, 3.05) is 13.1 Å². The standard InChI is InChI=1S/C11H16N4S/c1-8-14-5-10(16-8)6-15-3-2-9(4-12)11(13)7-15/h5,9,11H,2-3,6-7,13H2,1H3. The summed E-state index contributed by atoms with van der Waals surface area (Å²) in [4.78, 5) is 7.83. The van der Waals surface area contributed by atoms with Crippen LogP contribution in [0.25, 0.3) is 0 Å². The van der Waals surface area contributed by atoms with Crippen LogP contribution < -0.4 is 5.73 Å². The summed E-state index contributed by atoms with van der Waals surface area (Å²) in [5.41, 5.74) is 5.96. The van der Waals surface area contributed by atoms with Crippen molar-refractivity contribution >= 4 is 11.3 Å². The average Bonchev–Trinajstić information content (AvgIpc) is 2.64. The largest absolute Gasteiger partial charge is 0.325 e. The van der Waals surface area contributed by atoms with Gasteiger partial charge in [-0.05, 0) is 19.9 Å². The van der Waals surface area contributed by atoms with Crippen LogP contribution >= 0.6 is 11.3 Å². The number of piperidine rings is 1. The van der Waals surface area contributed by atoms with E-state index < -0.39 is 0 Å². The number of hydrogen-bond acceptors (Lipinski definition) is 5. The molecule has 1 aromatic rings. The van der Waals surface area contributed by atoms with Crippen molar-refractivity contribution < 1.29 is 0 Å². The van der Waals surface area contributed by atoms with Crippen molar-refractivity contribution in [2.24, 2.45) is 11.7 Å². The second-order valence-corrected chi connectivity index (χ2v) is 5.59. The topological polar surface area (TPSA) is 65.9 Å². The Labute approximate surface area is 99.7 Å². The van der Waals surface area contributed by atoms with E-state index in [-0.39, 0.29) is 12.0 Å². The predicted molar refractivity (Wildman–Crippen MR) is 63.8 cm³/mol. The number of likely N-dealkylation sites (tertiary alicyclic amines) is 1. The molecule has 1 aliphatic heterocycles. The Bertz CT molecular complexity index is 395. The maximum atomic E-state index is 8.88. The Balaban J connectivity index is 1.91. The predicted octanol–water partition coefficient (Wildman–Crippen LogP) is 1.12. The van der Waals surface area contributed by atoms with Gasteiger partial charge >= 0.3 is 0 Å². The van der Waals surface area contributed by atoms with Gasteiger partial charge in [0.1, 0.15) is 0 Å². The van der Waals surface area contributed by atoms with Crippen LogP contribution in [0.1, 0.15) is 16.3 Å². The lowest BCUT2D eigenvalue weighted by Crippen LogP contribution is -2.47. The summed E-state index contributed by atoms with van der Waals surface area (Å²) in [5, 5.41) is 9.99. The van der Waals surface area contributed by atoms with E-state index in [1.807, 2.05) is 13.1 Å². The summed E-state index contributed by atoms with van der Waals surface area (Å²) in [6, 6.07) is 2.27. The molecular formula is C11H16N4S. The highest BCUT2D eigenvalue weighted by atomic mass is 32.1. The Kier molecular flexibility index (Phi) is 3.54. The first-order chi connectivity index (χ1) is 7.69. The van der Waals surface area contributed by atoms with Crippen molar-refractivity contribution in [1.82, 2.24) is 9.88 Å². The molecule has 0 radical (unpaired) electrons. The van der Waals surface area contributed by atoms with Crippen molar-refractivity contribution in [3.05, 3.63) is 16.1 Å². The van der Waals surface area contributed by atoms with Crippen LogP contribution in [0.15, 0.2) is 6.20 Å². The van der Waals surface area contributed by atoms with Crippen LogP contribution in [0, 0.1) is 24.2 Å². The van der Waals surface area contributed by atoms with Gasteiger partial charge in [0, 0.05) is 30.2 Å². The molecule has 0 aromatic carbocycles. The van der Waals surface area contributed by atoms with E-state index in [1.54, 1.807) is 11.3 Å². The van der Waals surface area contributed by atoms with Crippen LogP contribution in [0.5, 0.6) is 0 Å². The molecule has 2 N–H and O–H groups in total. The maximum Gasteiger partial charge on any atom is 0.0897 e. The van der Waals surface area contributed by atoms with Gasteiger partial charge < -0.3 is 5.73 Å². The van der Waals surface area contributed by atoms with Crippen molar-refractivity contribution in [2.45, 2.75) is 25.9 Å². The van der Waals surface area contributed by atoms with E-state index in [0.29, 0.717) is 0 Å². The highest BCUT2D eigenvalue weighted by molar-refractivity contribution is 7.11. The third kappa shape index (κ3) is 2.59. The molecule has 0 aliphatic carbocycles. The fourth-order valence-corrected chi connectivity index (χ4v) is 2.89. The molecule has 2 heterocycles.